The van der Waals surface area contributed by atoms with Gasteiger partial charge >= 0.3 is 0 Å². The lowest BCUT2D eigenvalue weighted by Crippen LogP contribution is -2.42. The molecule has 0 aliphatic heterocycles. The Morgan fingerprint density at radius 3 is 0.750 bits per heavy atom. The van der Waals surface area contributed by atoms with E-state index < -0.39 is 0 Å². The standard InChI is InChI=1S/C16H30/c1-8-9(2)12(5)16-14(7)10(3)13(6)15(16)11(8)4/h8-16H,1-7H3. The highest BCUT2D eigenvalue weighted by Crippen LogP contribution is 2.58. The lowest BCUT2D eigenvalue weighted by Gasteiger charge is -2.48. The normalized spacial score (nSPS) is 62.1. The average molecular weight is 222 g/mol. The van der Waals surface area contributed by atoms with Crippen LogP contribution in [0.4, 0.5) is 0 Å². The van der Waals surface area contributed by atoms with Crippen LogP contribution in [0.25, 0.3) is 0 Å². The van der Waals surface area contributed by atoms with E-state index in [9.17, 15) is 0 Å². The maximum atomic E-state index is 2.52. The molecule has 0 heterocycles. The fourth-order valence-corrected chi connectivity index (χ4v) is 5.20. The van der Waals surface area contributed by atoms with E-state index in [1.54, 1.807) is 0 Å². The van der Waals surface area contributed by atoms with E-state index in [0.29, 0.717) is 0 Å². The van der Waals surface area contributed by atoms with E-state index in [1.165, 1.54) is 0 Å². The first-order valence-electron chi connectivity index (χ1n) is 7.37. The lowest BCUT2D eigenvalue weighted by molar-refractivity contribution is 0.00237. The molecule has 0 aromatic heterocycles. The molecule has 2 rings (SSSR count). The second kappa shape index (κ2) is 4.03. The summed E-state index contributed by atoms with van der Waals surface area (Å²) in [6.07, 6.45) is 0. The predicted molar refractivity (Wildman–Crippen MR) is 71.1 cm³/mol. The van der Waals surface area contributed by atoms with Crippen LogP contribution in [0.5, 0.6) is 0 Å². The molecule has 0 bridgehead atoms. The summed E-state index contributed by atoms with van der Waals surface area (Å²) in [5.74, 6) is 8.47. The van der Waals surface area contributed by atoms with Crippen LogP contribution in [0.2, 0.25) is 0 Å². The summed E-state index contributed by atoms with van der Waals surface area (Å²) >= 11 is 0. The van der Waals surface area contributed by atoms with Crippen molar-refractivity contribution in [3.05, 3.63) is 0 Å². The van der Waals surface area contributed by atoms with Crippen LogP contribution < -0.4 is 0 Å². The predicted octanol–water partition coefficient (Wildman–Crippen LogP) is 4.70. The second-order valence-corrected chi connectivity index (χ2v) is 7.17. The number of hydrogen-bond donors (Lipinski definition) is 0. The van der Waals surface area contributed by atoms with Crippen molar-refractivity contribution in [1.82, 2.24) is 0 Å². The van der Waals surface area contributed by atoms with Gasteiger partial charge in [-0.05, 0) is 53.3 Å². The van der Waals surface area contributed by atoms with Crippen molar-refractivity contribution in [3.63, 3.8) is 0 Å². The van der Waals surface area contributed by atoms with Crippen LogP contribution in [0.3, 0.4) is 0 Å². The van der Waals surface area contributed by atoms with Gasteiger partial charge in [-0.3, -0.25) is 0 Å². The van der Waals surface area contributed by atoms with Gasteiger partial charge in [0, 0.05) is 0 Å². The van der Waals surface area contributed by atoms with Crippen molar-refractivity contribution in [2.45, 2.75) is 48.5 Å². The Balaban J connectivity index is 2.33. The molecule has 0 spiro atoms. The molecule has 0 saturated heterocycles. The van der Waals surface area contributed by atoms with Crippen LogP contribution in [0.15, 0.2) is 0 Å². The van der Waals surface area contributed by atoms with Crippen molar-refractivity contribution in [2.24, 2.45) is 53.3 Å². The first-order chi connectivity index (χ1) is 7.37. The zero-order valence-electron chi connectivity index (χ0n) is 12.2. The molecule has 0 radical (unpaired) electrons. The average Bonchev–Trinajstić information content (AvgIpc) is 2.48. The van der Waals surface area contributed by atoms with Crippen molar-refractivity contribution in [3.8, 4) is 0 Å². The second-order valence-electron chi connectivity index (χ2n) is 7.17. The molecule has 0 nitrogen and oxygen atoms in total. The first-order valence-corrected chi connectivity index (χ1v) is 7.37. The van der Waals surface area contributed by atoms with Crippen LogP contribution in [0.1, 0.15) is 48.5 Å². The molecule has 0 heteroatoms. The summed E-state index contributed by atoms with van der Waals surface area (Å²) in [6, 6.07) is 0. The Labute approximate surface area is 102 Å². The molecular formula is C16H30. The van der Waals surface area contributed by atoms with Gasteiger partial charge in [0.25, 0.3) is 0 Å². The highest BCUT2D eigenvalue weighted by molar-refractivity contribution is 5.01. The summed E-state index contributed by atoms with van der Waals surface area (Å²) in [5.41, 5.74) is 0. The zero-order chi connectivity index (χ0) is 12.2. The molecule has 16 heavy (non-hydrogen) atoms. The van der Waals surface area contributed by atoms with E-state index in [4.69, 9.17) is 0 Å². The highest BCUT2D eigenvalue weighted by Gasteiger charge is 2.53. The third kappa shape index (κ3) is 1.48. The topological polar surface area (TPSA) is 0 Å². The van der Waals surface area contributed by atoms with Crippen molar-refractivity contribution in [1.29, 1.82) is 0 Å². The maximum absolute atomic E-state index is 2.52. The van der Waals surface area contributed by atoms with Crippen molar-refractivity contribution >= 4 is 0 Å². The summed E-state index contributed by atoms with van der Waals surface area (Å²) in [5, 5.41) is 0. The Morgan fingerprint density at radius 2 is 0.500 bits per heavy atom. The highest BCUT2D eigenvalue weighted by atomic mass is 14.6. The van der Waals surface area contributed by atoms with E-state index in [1.807, 2.05) is 0 Å². The quantitative estimate of drug-likeness (QED) is 0.557. The minimum Gasteiger partial charge on any atom is -0.0620 e. The molecule has 0 aromatic carbocycles. The van der Waals surface area contributed by atoms with Gasteiger partial charge in [0.05, 0.1) is 0 Å². The number of hydrogen-bond acceptors (Lipinski definition) is 0. The zero-order valence-corrected chi connectivity index (χ0v) is 12.2. The van der Waals surface area contributed by atoms with Gasteiger partial charge in [-0.1, -0.05) is 48.5 Å². The summed E-state index contributed by atoms with van der Waals surface area (Å²) in [7, 11) is 0. The molecular weight excluding hydrogens is 192 g/mol. The van der Waals surface area contributed by atoms with Gasteiger partial charge in [0.1, 0.15) is 0 Å². The minimum absolute atomic E-state index is 0.913. The van der Waals surface area contributed by atoms with Gasteiger partial charge in [-0.15, -0.1) is 0 Å². The third-order valence-corrected chi connectivity index (χ3v) is 7.02. The molecule has 2 aliphatic carbocycles. The Kier molecular flexibility index (Phi) is 3.14. The van der Waals surface area contributed by atoms with Crippen molar-refractivity contribution in [2.75, 3.05) is 0 Å². The van der Waals surface area contributed by atoms with Crippen LogP contribution in [-0.4, -0.2) is 0 Å². The maximum Gasteiger partial charge on any atom is -0.0324 e. The fraction of sp³-hybridized carbons (Fsp3) is 1.00. The minimum atomic E-state index is 0.913. The van der Waals surface area contributed by atoms with Crippen LogP contribution in [-0.2, 0) is 0 Å². The molecule has 94 valence electrons. The SMILES string of the molecule is CC1C(C)C(C)C2C(C)C(C)C(C)C2C1C. The Hall–Kier alpha value is 0. The molecule has 8 unspecified atom stereocenters. The monoisotopic (exact) mass is 222 g/mol. The largest absolute Gasteiger partial charge is 0.0620 e. The van der Waals surface area contributed by atoms with Gasteiger partial charge in [0.15, 0.2) is 0 Å². The van der Waals surface area contributed by atoms with Gasteiger partial charge in [0.2, 0.25) is 0 Å². The summed E-state index contributed by atoms with van der Waals surface area (Å²) in [6.45, 7) is 17.5. The van der Waals surface area contributed by atoms with Gasteiger partial charge in [-0.2, -0.15) is 0 Å². The lowest BCUT2D eigenvalue weighted by atomic mass is 9.57. The molecule has 2 saturated carbocycles. The van der Waals surface area contributed by atoms with Crippen LogP contribution >= 0.6 is 0 Å². The molecule has 0 aromatic rings. The molecule has 2 aliphatic rings. The molecule has 2 fully saturated rings. The van der Waals surface area contributed by atoms with Gasteiger partial charge < -0.3 is 0 Å². The van der Waals surface area contributed by atoms with E-state index >= 15 is 0 Å². The summed E-state index contributed by atoms with van der Waals surface area (Å²) in [4.78, 5) is 0. The first kappa shape index (κ1) is 12.5. The molecule has 0 amide bonds. The van der Waals surface area contributed by atoms with E-state index in [-0.39, 0.29) is 0 Å². The van der Waals surface area contributed by atoms with Crippen molar-refractivity contribution < 1.29 is 0 Å². The number of fused-ring (bicyclic) bond motifs is 1. The summed E-state index contributed by atoms with van der Waals surface area (Å²) < 4.78 is 0. The Morgan fingerprint density at radius 1 is 0.312 bits per heavy atom. The molecule has 0 N–H and O–H groups in total. The van der Waals surface area contributed by atoms with E-state index in [0.717, 1.165) is 53.3 Å². The molecule has 8 atom stereocenters. The third-order valence-electron chi connectivity index (χ3n) is 7.02. The number of rotatable bonds is 0. The van der Waals surface area contributed by atoms with E-state index in [2.05, 4.69) is 48.5 Å². The Bertz CT molecular complexity index is 231. The fourth-order valence-electron chi connectivity index (χ4n) is 5.20. The van der Waals surface area contributed by atoms with Crippen LogP contribution in [0, 0.1) is 53.3 Å². The van der Waals surface area contributed by atoms with Gasteiger partial charge in [-0.25, -0.2) is 0 Å². The smallest absolute Gasteiger partial charge is 0.0324 e.